The van der Waals surface area contributed by atoms with Crippen molar-refractivity contribution in [3.8, 4) is 0 Å². The second kappa shape index (κ2) is 2.82. The van der Waals surface area contributed by atoms with Gasteiger partial charge in [0, 0.05) is 5.54 Å². The van der Waals surface area contributed by atoms with Crippen LogP contribution in [0.1, 0.15) is 31.2 Å². The van der Waals surface area contributed by atoms with Crippen LogP contribution < -0.4 is 5.32 Å². The Morgan fingerprint density at radius 2 is 2.38 bits per heavy atom. The molecule has 1 aromatic heterocycles. The number of hydrogen-bond donors (Lipinski definition) is 1. The van der Waals surface area contributed by atoms with Crippen molar-refractivity contribution in [3.63, 3.8) is 0 Å². The Kier molecular flexibility index (Phi) is 1.74. The molecule has 0 bridgehead atoms. The average molecular weight is 193 g/mol. The Morgan fingerprint density at radius 1 is 1.46 bits per heavy atom. The van der Waals surface area contributed by atoms with Gasteiger partial charge in [-0.25, -0.2) is 0 Å². The van der Waals surface area contributed by atoms with Crippen LogP contribution in [0.15, 0.2) is 16.8 Å². The summed E-state index contributed by atoms with van der Waals surface area (Å²) in [7, 11) is 0. The largest absolute Gasteiger partial charge is 0.307 e. The summed E-state index contributed by atoms with van der Waals surface area (Å²) < 4.78 is 0. The van der Waals surface area contributed by atoms with Crippen LogP contribution in [0.3, 0.4) is 0 Å². The predicted octanol–water partition coefficient (Wildman–Crippen LogP) is 2.74. The van der Waals surface area contributed by atoms with Gasteiger partial charge in [-0.3, -0.25) is 0 Å². The zero-order chi connectivity index (χ0) is 8.73. The fourth-order valence-corrected chi connectivity index (χ4v) is 3.43. The minimum absolute atomic E-state index is 0.389. The molecular weight excluding hydrogens is 178 g/mol. The first-order chi connectivity index (χ1) is 6.42. The molecule has 3 rings (SSSR count). The van der Waals surface area contributed by atoms with E-state index in [0.29, 0.717) is 5.54 Å². The second-order valence-corrected chi connectivity index (χ2v) is 5.07. The maximum Gasteiger partial charge on any atom is 0.0471 e. The lowest BCUT2D eigenvalue weighted by molar-refractivity contribution is 0.337. The Balaban J connectivity index is 1.98. The van der Waals surface area contributed by atoms with Crippen LogP contribution in [0, 0.1) is 5.92 Å². The smallest absolute Gasteiger partial charge is 0.0471 e. The molecule has 1 N–H and O–H groups in total. The van der Waals surface area contributed by atoms with E-state index in [4.69, 9.17) is 0 Å². The number of thiophene rings is 1. The molecule has 70 valence electrons. The molecule has 2 aliphatic rings. The van der Waals surface area contributed by atoms with E-state index in [1.165, 1.54) is 32.2 Å². The minimum Gasteiger partial charge on any atom is -0.307 e. The van der Waals surface area contributed by atoms with Crippen molar-refractivity contribution < 1.29 is 0 Å². The summed E-state index contributed by atoms with van der Waals surface area (Å²) in [6.45, 7) is 1.21. The maximum absolute atomic E-state index is 3.74. The molecule has 1 unspecified atom stereocenters. The third-order valence-electron chi connectivity index (χ3n) is 3.50. The van der Waals surface area contributed by atoms with E-state index in [9.17, 15) is 0 Å². The monoisotopic (exact) mass is 193 g/mol. The molecule has 2 heterocycles. The van der Waals surface area contributed by atoms with Gasteiger partial charge in [0.2, 0.25) is 0 Å². The molecule has 2 heteroatoms. The van der Waals surface area contributed by atoms with Crippen molar-refractivity contribution in [3.05, 3.63) is 22.4 Å². The topological polar surface area (TPSA) is 12.0 Å². The summed E-state index contributed by atoms with van der Waals surface area (Å²) in [6, 6.07) is 2.31. The number of hydrogen-bond acceptors (Lipinski definition) is 2. The van der Waals surface area contributed by atoms with Gasteiger partial charge in [-0.2, -0.15) is 11.3 Å². The zero-order valence-electron chi connectivity index (χ0n) is 7.75. The van der Waals surface area contributed by atoms with Crippen molar-refractivity contribution in [1.29, 1.82) is 0 Å². The summed E-state index contributed by atoms with van der Waals surface area (Å²) in [4.78, 5) is 0. The van der Waals surface area contributed by atoms with E-state index in [-0.39, 0.29) is 0 Å². The van der Waals surface area contributed by atoms with Crippen LogP contribution in [0.25, 0.3) is 0 Å². The Bertz CT molecular complexity index is 281. The molecule has 1 aliphatic heterocycles. The fourth-order valence-electron chi connectivity index (χ4n) is 2.69. The van der Waals surface area contributed by atoms with Gasteiger partial charge in [0.15, 0.2) is 0 Å². The standard InChI is InChI=1S/C11H15NS/c1-5-11(12-6-1,9-2-3-9)10-4-7-13-8-10/h4,7-9,12H,1-3,5-6H2. The van der Waals surface area contributed by atoms with E-state index in [2.05, 4.69) is 22.1 Å². The first kappa shape index (κ1) is 8.01. The Hall–Kier alpha value is -0.340. The van der Waals surface area contributed by atoms with E-state index in [1.807, 2.05) is 11.3 Å². The predicted molar refractivity (Wildman–Crippen MR) is 56.0 cm³/mol. The highest BCUT2D eigenvalue weighted by Gasteiger charge is 2.47. The molecule has 1 atom stereocenters. The van der Waals surface area contributed by atoms with Crippen molar-refractivity contribution in [2.24, 2.45) is 5.92 Å². The van der Waals surface area contributed by atoms with Crippen LogP contribution in [0.5, 0.6) is 0 Å². The lowest BCUT2D eigenvalue weighted by atomic mass is 9.85. The van der Waals surface area contributed by atoms with Gasteiger partial charge in [0.25, 0.3) is 0 Å². The lowest BCUT2D eigenvalue weighted by Crippen LogP contribution is -2.38. The van der Waals surface area contributed by atoms with Gasteiger partial charge in [-0.05, 0) is 60.5 Å². The van der Waals surface area contributed by atoms with Gasteiger partial charge in [-0.1, -0.05) is 0 Å². The molecule has 1 aliphatic carbocycles. The van der Waals surface area contributed by atoms with Crippen molar-refractivity contribution in [2.75, 3.05) is 6.54 Å². The van der Waals surface area contributed by atoms with Gasteiger partial charge in [-0.15, -0.1) is 0 Å². The number of nitrogens with one attached hydrogen (secondary N) is 1. The average Bonchev–Trinajstić information content (AvgIpc) is 2.73. The maximum atomic E-state index is 3.74. The summed E-state index contributed by atoms with van der Waals surface area (Å²) in [5.41, 5.74) is 1.94. The van der Waals surface area contributed by atoms with Crippen LogP contribution in [-0.2, 0) is 5.54 Å². The second-order valence-electron chi connectivity index (χ2n) is 4.29. The van der Waals surface area contributed by atoms with Gasteiger partial charge in [0.1, 0.15) is 0 Å². The molecule has 1 saturated heterocycles. The van der Waals surface area contributed by atoms with E-state index in [1.54, 1.807) is 5.56 Å². The summed E-state index contributed by atoms with van der Waals surface area (Å²) in [6.07, 6.45) is 5.58. The highest BCUT2D eigenvalue weighted by Crippen LogP contribution is 2.50. The van der Waals surface area contributed by atoms with E-state index >= 15 is 0 Å². The van der Waals surface area contributed by atoms with Crippen molar-refractivity contribution in [2.45, 2.75) is 31.2 Å². The van der Waals surface area contributed by atoms with Crippen LogP contribution >= 0.6 is 11.3 Å². The van der Waals surface area contributed by atoms with Gasteiger partial charge in [0.05, 0.1) is 0 Å². The highest BCUT2D eigenvalue weighted by atomic mass is 32.1. The Morgan fingerprint density at radius 3 is 2.92 bits per heavy atom. The quantitative estimate of drug-likeness (QED) is 0.761. The lowest BCUT2D eigenvalue weighted by Gasteiger charge is -2.29. The normalized spacial score (nSPS) is 33.8. The molecular formula is C11H15NS. The molecule has 2 fully saturated rings. The molecule has 0 aromatic carbocycles. The van der Waals surface area contributed by atoms with E-state index < -0.39 is 0 Å². The first-order valence-electron chi connectivity index (χ1n) is 5.19. The molecule has 1 aromatic rings. The zero-order valence-corrected chi connectivity index (χ0v) is 8.57. The van der Waals surface area contributed by atoms with Crippen molar-refractivity contribution >= 4 is 11.3 Å². The Labute approximate surface area is 83.2 Å². The third-order valence-corrected chi connectivity index (χ3v) is 4.18. The molecule has 1 saturated carbocycles. The van der Waals surface area contributed by atoms with Crippen molar-refractivity contribution in [1.82, 2.24) is 5.32 Å². The molecule has 13 heavy (non-hydrogen) atoms. The number of rotatable bonds is 2. The third kappa shape index (κ3) is 1.16. The molecule has 0 spiro atoms. The molecule has 0 radical (unpaired) electrons. The van der Waals surface area contributed by atoms with Crippen LogP contribution in [-0.4, -0.2) is 6.54 Å². The fraction of sp³-hybridized carbons (Fsp3) is 0.636. The van der Waals surface area contributed by atoms with Crippen LogP contribution in [0.2, 0.25) is 0 Å². The van der Waals surface area contributed by atoms with Gasteiger partial charge >= 0.3 is 0 Å². The van der Waals surface area contributed by atoms with Gasteiger partial charge < -0.3 is 5.32 Å². The minimum atomic E-state index is 0.389. The SMILES string of the molecule is c1cc(C2(C3CC3)CCCN2)cs1. The first-order valence-corrected chi connectivity index (χ1v) is 6.14. The molecule has 0 amide bonds. The summed E-state index contributed by atoms with van der Waals surface area (Å²) >= 11 is 1.83. The highest BCUT2D eigenvalue weighted by molar-refractivity contribution is 7.08. The summed E-state index contributed by atoms with van der Waals surface area (Å²) in [5, 5.41) is 8.28. The van der Waals surface area contributed by atoms with E-state index in [0.717, 1.165) is 5.92 Å². The summed E-state index contributed by atoms with van der Waals surface area (Å²) in [5.74, 6) is 0.935. The van der Waals surface area contributed by atoms with Crippen LogP contribution in [0.4, 0.5) is 0 Å². The molecule has 1 nitrogen and oxygen atoms in total.